The summed E-state index contributed by atoms with van der Waals surface area (Å²) in [5.74, 6) is 0.108. The van der Waals surface area contributed by atoms with Gasteiger partial charge in [-0.1, -0.05) is 37.1 Å². The van der Waals surface area contributed by atoms with Crippen molar-refractivity contribution in [2.24, 2.45) is 11.8 Å². The molecule has 6 nitrogen and oxygen atoms in total. The van der Waals surface area contributed by atoms with E-state index in [0.29, 0.717) is 19.1 Å². The first-order valence-electron chi connectivity index (χ1n) is 11.1. The molecular weight excluding hydrogens is 380 g/mol. The zero-order valence-corrected chi connectivity index (χ0v) is 17.7. The van der Waals surface area contributed by atoms with Gasteiger partial charge in [0.25, 0.3) is 0 Å². The van der Waals surface area contributed by atoms with E-state index >= 15 is 0 Å². The molecule has 1 spiro atoms. The second-order valence-corrected chi connectivity index (χ2v) is 9.15. The van der Waals surface area contributed by atoms with Gasteiger partial charge in [-0.2, -0.15) is 0 Å². The van der Waals surface area contributed by atoms with Crippen LogP contribution in [0, 0.1) is 18.8 Å². The van der Waals surface area contributed by atoms with Gasteiger partial charge in [-0.05, 0) is 43.4 Å². The predicted molar refractivity (Wildman–Crippen MR) is 112 cm³/mol. The third-order valence-corrected chi connectivity index (χ3v) is 7.37. The molecule has 1 saturated carbocycles. The molecule has 2 amide bonds. The third kappa shape index (κ3) is 3.04. The van der Waals surface area contributed by atoms with Crippen LogP contribution >= 0.6 is 0 Å². The molecule has 1 aliphatic carbocycles. The van der Waals surface area contributed by atoms with Gasteiger partial charge in [-0.25, -0.2) is 0 Å². The van der Waals surface area contributed by atoms with E-state index in [1.165, 1.54) is 12.8 Å². The quantitative estimate of drug-likeness (QED) is 0.732. The third-order valence-electron chi connectivity index (χ3n) is 7.37. The molecule has 4 atom stereocenters. The predicted octanol–water partition coefficient (Wildman–Crippen LogP) is 2.39. The van der Waals surface area contributed by atoms with Crippen LogP contribution in [0.25, 0.3) is 0 Å². The zero-order valence-electron chi connectivity index (χ0n) is 17.7. The van der Waals surface area contributed by atoms with Crippen molar-refractivity contribution < 1.29 is 19.1 Å². The molecular formula is C24H30N2O4. The van der Waals surface area contributed by atoms with Gasteiger partial charge in [-0.3, -0.25) is 9.59 Å². The molecule has 3 aliphatic heterocycles. The molecule has 1 aromatic carbocycles. The summed E-state index contributed by atoms with van der Waals surface area (Å²) >= 11 is 0. The van der Waals surface area contributed by atoms with Crippen molar-refractivity contribution in [1.29, 1.82) is 0 Å². The number of likely N-dealkylation sites (tertiary alicyclic amines) is 1. The fraction of sp³-hybridized carbons (Fsp3) is 0.583. The van der Waals surface area contributed by atoms with Crippen LogP contribution in [0.5, 0.6) is 5.75 Å². The Kier molecular flexibility index (Phi) is 4.85. The van der Waals surface area contributed by atoms with E-state index in [0.717, 1.165) is 36.1 Å². The van der Waals surface area contributed by atoms with E-state index in [2.05, 4.69) is 11.4 Å². The number of fused-ring (bicyclic) bond motifs is 1. The fourth-order valence-electron chi connectivity index (χ4n) is 5.90. The lowest BCUT2D eigenvalue weighted by Gasteiger charge is -2.27. The van der Waals surface area contributed by atoms with Crippen molar-refractivity contribution >= 4 is 11.8 Å². The lowest BCUT2D eigenvalue weighted by atomic mass is 9.77. The molecule has 1 aromatic rings. The van der Waals surface area contributed by atoms with Crippen molar-refractivity contribution in [2.45, 2.75) is 56.8 Å². The number of nitrogens with one attached hydrogen (secondary N) is 1. The largest absolute Gasteiger partial charge is 0.496 e. The Bertz CT molecular complexity index is 891. The molecule has 2 bridgehead atoms. The number of carbonyl (C=O) groups excluding carboxylic acids is 2. The number of amides is 2. The van der Waals surface area contributed by atoms with Crippen LogP contribution in [0.3, 0.4) is 0 Å². The number of hydrogen-bond donors (Lipinski definition) is 1. The van der Waals surface area contributed by atoms with Gasteiger partial charge in [0.15, 0.2) is 0 Å². The Morgan fingerprint density at radius 3 is 2.87 bits per heavy atom. The van der Waals surface area contributed by atoms with Crippen molar-refractivity contribution in [3.8, 4) is 5.75 Å². The molecule has 2 saturated heterocycles. The minimum Gasteiger partial charge on any atom is -0.496 e. The summed E-state index contributed by atoms with van der Waals surface area (Å²) in [7, 11) is 1.67. The second kappa shape index (κ2) is 7.41. The summed E-state index contributed by atoms with van der Waals surface area (Å²) < 4.78 is 11.5. The topological polar surface area (TPSA) is 67.9 Å². The SMILES string of the molecule is COc1ccc(CCNC(=O)[C@H]2[C@H]3C=C[C@@]4(CN(C5CCCC5)C(=O)[C@@H]24)O3)cc1C. The summed E-state index contributed by atoms with van der Waals surface area (Å²) in [5, 5.41) is 3.07. The van der Waals surface area contributed by atoms with E-state index in [9.17, 15) is 9.59 Å². The lowest BCUT2D eigenvalue weighted by Crippen LogP contribution is -2.45. The Hall–Kier alpha value is -2.34. The maximum atomic E-state index is 13.3. The van der Waals surface area contributed by atoms with Gasteiger partial charge in [-0.15, -0.1) is 0 Å². The number of carbonyl (C=O) groups is 2. The van der Waals surface area contributed by atoms with Gasteiger partial charge >= 0.3 is 0 Å². The van der Waals surface area contributed by atoms with Gasteiger partial charge in [0.2, 0.25) is 11.8 Å². The maximum Gasteiger partial charge on any atom is 0.230 e. The molecule has 3 fully saturated rings. The summed E-state index contributed by atoms with van der Waals surface area (Å²) in [6.45, 7) is 3.15. The first-order valence-corrected chi connectivity index (χ1v) is 11.1. The molecule has 30 heavy (non-hydrogen) atoms. The van der Waals surface area contributed by atoms with Crippen LogP contribution in [-0.2, 0) is 20.7 Å². The summed E-state index contributed by atoms with van der Waals surface area (Å²) in [6.07, 6.45) is 8.98. The van der Waals surface area contributed by atoms with Crippen molar-refractivity contribution in [1.82, 2.24) is 10.2 Å². The minimum atomic E-state index is -0.598. The first-order chi connectivity index (χ1) is 14.5. The van der Waals surface area contributed by atoms with Crippen LogP contribution in [0.1, 0.15) is 36.8 Å². The number of aryl methyl sites for hydroxylation is 1. The molecule has 1 N–H and O–H groups in total. The molecule has 0 radical (unpaired) electrons. The van der Waals surface area contributed by atoms with Crippen LogP contribution in [0.4, 0.5) is 0 Å². The first kappa shape index (κ1) is 19.6. The van der Waals surface area contributed by atoms with Crippen molar-refractivity contribution in [3.63, 3.8) is 0 Å². The molecule has 5 rings (SSSR count). The minimum absolute atomic E-state index is 0.0666. The highest BCUT2D eigenvalue weighted by molar-refractivity contribution is 5.93. The van der Waals surface area contributed by atoms with Gasteiger partial charge in [0, 0.05) is 12.6 Å². The summed E-state index contributed by atoms with van der Waals surface area (Å²) in [5.41, 5.74) is 1.64. The van der Waals surface area contributed by atoms with E-state index in [1.54, 1.807) is 7.11 Å². The number of ether oxygens (including phenoxy) is 2. The van der Waals surface area contributed by atoms with Crippen LogP contribution in [0.15, 0.2) is 30.4 Å². The highest BCUT2D eigenvalue weighted by atomic mass is 16.5. The average Bonchev–Trinajstić information content (AvgIpc) is 3.50. The number of benzene rings is 1. The highest BCUT2D eigenvalue weighted by Crippen LogP contribution is 2.52. The van der Waals surface area contributed by atoms with Crippen LogP contribution in [-0.4, -0.2) is 54.7 Å². The lowest BCUT2D eigenvalue weighted by molar-refractivity contribution is -0.138. The molecule has 0 aromatic heterocycles. The average molecular weight is 411 g/mol. The normalized spacial score (nSPS) is 32.1. The maximum absolute atomic E-state index is 13.3. The Labute approximate surface area is 177 Å². The summed E-state index contributed by atoms with van der Waals surface area (Å²) in [6, 6.07) is 6.38. The van der Waals surface area contributed by atoms with Gasteiger partial charge < -0.3 is 19.7 Å². The number of hydrogen-bond acceptors (Lipinski definition) is 4. The van der Waals surface area contributed by atoms with Crippen LogP contribution in [0.2, 0.25) is 0 Å². The second-order valence-electron chi connectivity index (χ2n) is 9.15. The summed E-state index contributed by atoms with van der Waals surface area (Å²) in [4.78, 5) is 28.4. The van der Waals surface area contributed by atoms with Crippen LogP contribution < -0.4 is 10.1 Å². The number of nitrogens with zero attached hydrogens (tertiary/aromatic N) is 1. The van der Waals surface area contributed by atoms with E-state index in [4.69, 9.17) is 9.47 Å². The molecule has 4 aliphatic rings. The highest BCUT2D eigenvalue weighted by Gasteiger charge is 2.67. The van der Waals surface area contributed by atoms with E-state index in [-0.39, 0.29) is 23.8 Å². The molecule has 0 unspecified atom stereocenters. The van der Waals surface area contributed by atoms with E-state index in [1.807, 2.05) is 36.1 Å². The van der Waals surface area contributed by atoms with Crippen molar-refractivity contribution in [3.05, 3.63) is 41.5 Å². The van der Waals surface area contributed by atoms with Gasteiger partial charge in [0.1, 0.15) is 11.4 Å². The number of methoxy groups -OCH3 is 1. The standard InChI is InChI=1S/C24H30N2O4/c1-15-13-16(7-8-18(15)29-2)10-12-25-22(27)20-19-9-11-24(30-19)14-26(23(28)21(20)24)17-5-3-4-6-17/h7-9,11,13,17,19-21H,3-6,10,12,14H2,1-2H3,(H,25,27)/t19-,20+,21-,24+/m1/s1. The zero-order chi connectivity index (χ0) is 20.9. The number of rotatable bonds is 6. The Morgan fingerprint density at radius 2 is 2.13 bits per heavy atom. The smallest absolute Gasteiger partial charge is 0.230 e. The Balaban J connectivity index is 1.24. The van der Waals surface area contributed by atoms with E-state index < -0.39 is 11.5 Å². The molecule has 6 heteroatoms. The molecule has 3 heterocycles. The fourth-order valence-corrected chi connectivity index (χ4v) is 5.90. The van der Waals surface area contributed by atoms with Crippen molar-refractivity contribution in [2.75, 3.05) is 20.2 Å². The monoisotopic (exact) mass is 410 g/mol. The Morgan fingerprint density at radius 1 is 1.33 bits per heavy atom. The van der Waals surface area contributed by atoms with Gasteiger partial charge in [0.05, 0.1) is 31.6 Å². The molecule has 160 valence electrons.